The number of nitrogens with zero attached hydrogens (tertiary/aromatic N) is 3. The molecule has 7 nitrogen and oxygen atoms in total. The van der Waals surface area contributed by atoms with E-state index in [0.717, 1.165) is 42.7 Å². The molecule has 2 aromatic heterocycles. The van der Waals surface area contributed by atoms with Crippen molar-refractivity contribution in [3.05, 3.63) is 70.9 Å². The van der Waals surface area contributed by atoms with Crippen molar-refractivity contribution in [1.29, 1.82) is 0 Å². The Morgan fingerprint density at radius 2 is 1.80 bits per heavy atom. The lowest BCUT2D eigenvalue weighted by Crippen LogP contribution is -2.39. The molecule has 3 heterocycles. The fourth-order valence-corrected chi connectivity index (χ4v) is 5.15. The van der Waals surface area contributed by atoms with Crippen LogP contribution in [-0.2, 0) is 16.0 Å². The van der Waals surface area contributed by atoms with Gasteiger partial charge in [0.2, 0.25) is 0 Å². The minimum Gasteiger partial charge on any atom is -0.492 e. The molecule has 4 rings (SSSR count). The first kappa shape index (κ1) is 30.4. The summed E-state index contributed by atoms with van der Waals surface area (Å²) in [6.07, 6.45) is 4.90. The molecule has 0 unspecified atom stereocenters. The van der Waals surface area contributed by atoms with E-state index in [1.54, 1.807) is 25.4 Å². The van der Waals surface area contributed by atoms with Gasteiger partial charge in [-0.3, -0.25) is 9.97 Å². The number of carbonyl (C=O) groups is 1. The zero-order valence-electron chi connectivity index (χ0n) is 25.3. The van der Waals surface area contributed by atoms with E-state index in [1.165, 1.54) is 6.07 Å². The van der Waals surface area contributed by atoms with Crippen molar-refractivity contribution in [2.24, 2.45) is 5.41 Å². The molecular weight excluding hydrogens is 521 g/mol. The Morgan fingerprint density at radius 1 is 1.10 bits per heavy atom. The second-order valence-corrected chi connectivity index (χ2v) is 12.7. The lowest BCUT2D eigenvalue weighted by atomic mass is 9.82. The Labute approximate surface area is 242 Å². The molecule has 0 aliphatic carbocycles. The molecule has 0 radical (unpaired) electrons. The van der Waals surface area contributed by atoms with Crippen LogP contribution in [0.3, 0.4) is 0 Å². The van der Waals surface area contributed by atoms with Crippen LogP contribution in [0.25, 0.3) is 11.3 Å². The number of halogens is 1. The molecule has 1 aliphatic heterocycles. The van der Waals surface area contributed by atoms with Crippen molar-refractivity contribution in [3.8, 4) is 17.0 Å². The summed E-state index contributed by atoms with van der Waals surface area (Å²) in [7, 11) is 0. The van der Waals surface area contributed by atoms with Crippen molar-refractivity contribution in [3.63, 3.8) is 0 Å². The number of piperidine rings is 1. The SMILES string of the molecule is Cc1cc(CCOc2ccc(-c3cnc(C)c([C@H](OC(C)(C)C)C(=O)O)c3N3CCC(C)(C)CC3)nc2)ccc1F. The van der Waals surface area contributed by atoms with Gasteiger partial charge in [-0.1, -0.05) is 26.0 Å². The highest BCUT2D eigenvalue weighted by Crippen LogP contribution is 2.43. The monoisotopic (exact) mass is 563 g/mol. The highest BCUT2D eigenvalue weighted by molar-refractivity contribution is 5.85. The van der Waals surface area contributed by atoms with Crippen LogP contribution in [0.5, 0.6) is 5.75 Å². The number of carboxylic acids is 1. The fourth-order valence-electron chi connectivity index (χ4n) is 5.15. The van der Waals surface area contributed by atoms with Gasteiger partial charge in [-0.25, -0.2) is 9.18 Å². The summed E-state index contributed by atoms with van der Waals surface area (Å²) in [5, 5.41) is 10.3. The Hall–Kier alpha value is -3.52. The van der Waals surface area contributed by atoms with E-state index in [1.807, 2.05) is 45.9 Å². The molecule has 0 amide bonds. The topological polar surface area (TPSA) is 84.8 Å². The van der Waals surface area contributed by atoms with Gasteiger partial charge in [0.25, 0.3) is 0 Å². The van der Waals surface area contributed by atoms with Crippen LogP contribution in [0.1, 0.15) is 75.9 Å². The first-order chi connectivity index (χ1) is 19.2. The van der Waals surface area contributed by atoms with Crippen molar-refractivity contribution >= 4 is 11.7 Å². The minimum absolute atomic E-state index is 0.213. The maximum absolute atomic E-state index is 13.6. The second kappa shape index (κ2) is 12.1. The number of pyridine rings is 2. The lowest BCUT2D eigenvalue weighted by molar-refractivity contribution is -0.160. The van der Waals surface area contributed by atoms with Crippen molar-refractivity contribution < 1.29 is 23.8 Å². The van der Waals surface area contributed by atoms with E-state index in [0.29, 0.717) is 41.3 Å². The maximum atomic E-state index is 13.6. The van der Waals surface area contributed by atoms with Gasteiger partial charge in [0.05, 0.1) is 29.8 Å². The number of carboxylic acid groups (broad SMARTS) is 1. The summed E-state index contributed by atoms with van der Waals surface area (Å²) in [4.78, 5) is 24.2. The van der Waals surface area contributed by atoms with Crippen LogP contribution in [0, 0.1) is 25.1 Å². The molecule has 8 heteroatoms. The van der Waals surface area contributed by atoms with Crippen LogP contribution in [0.15, 0.2) is 42.7 Å². The van der Waals surface area contributed by atoms with E-state index >= 15 is 0 Å². The molecular formula is C33H42FN3O4. The first-order valence-electron chi connectivity index (χ1n) is 14.2. The zero-order chi connectivity index (χ0) is 29.9. The van der Waals surface area contributed by atoms with E-state index in [9.17, 15) is 14.3 Å². The third-order valence-electron chi connectivity index (χ3n) is 7.57. The van der Waals surface area contributed by atoms with Crippen LogP contribution in [0.4, 0.5) is 10.1 Å². The lowest BCUT2D eigenvalue weighted by Gasteiger charge is -2.40. The van der Waals surface area contributed by atoms with Gasteiger partial charge >= 0.3 is 5.97 Å². The van der Waals surface area contributed by atoms with Crippen molar-refractivity contribution in [2.75, 3.05) is 24.6 Å². The van der Waals surface area contributed by atoms with E-state index < -0.39 is 17.7 Å². The van der Waals surface area contributed by atoms with Crippen LogP contribution in [0.2, 0.25) is 0 Å². The van der Waals surface area contributed by atoms with Gasteiger partial charge in [0, 0.05) is 42.5 Å². The number of benzene rings is 1. The molecule has 1 aromatic carbocycles. The summed E-state index contributed by atoms with van der Waals surface area (Å²) in [6, 6.07) is 8.82. The first-order valence-corrected chi connectivity index (χ1v) is 14.2. The van der Waals surface area contributed by atoms with E-state index in [2.05, 4.69) is 23.7 Å². The molecule has 1 aliphatic rings. The van der Waals surface area contributed by atoms with Gasteiger partial charge in [-0.2, -0.15) is 0 Å². The molecule has 41 heavy (non-hydrogen) atoms. The number of hydrogen-bond acceptors (Lipinski definition) is 6. The molecule has 1 saturated heterocycles. The summed E-state index contributed by atoms with van der Waals surface area (Å²) in [6.45, 7) is 15.7. The Bertz CT molecular complexity index is 1370. The summed E-state index contributed by atoms with van der Waals surface area (Å²) >= 11 is 0. The number of anilines is 1. The number of ether oxygens (including phenoxy) is 2. The van der Waals surface area contributed by atoms with Crippen LogP contribution in [-0.4, -0.2) is 46.3 Å². The van der Waals surface area contributed by atoms with Gasteiger partial charge in [-0.05, 0) is 82.2 Å². The van der Waals surface area contributed by atoms with Crippen molar-refractivity contribution in [2.45, 2.75) is 79.4 Å². The molecule has 1 atom stereocenters. The van der Waals surface area contributed by atoms with Gasteiger partial charge in [0.1, 0.15) is 11.6 Å². The largest absolute Gasteiger partial charge is 0.492 e. The average Bonchev–Trinajstić information content (AvgIpc) is 2.89. The quantitative estimate of drug-likeness (QED) is 0.298. The number of aryl methyl sites for hydroxylation is 2. The number of hydrogen-bond donors (Lipinski definition) is 1. The second-order valence-electron chi connectivity index (χ2n) is 12.7. The predicted molar refractivity (Wildman–Crippen MR) is 159 cm³/mol. The fraction of sp³-hybridized carbons (Fsp3) is 0.485. The number of aromatic nitrogens is 2. The molecule has 1 N–H and O–H groups in total. The Balaban J connectivity index is 1.66. The summed E-state index contributed by atoms with van der Waals surface area (Å²) < 4.78 is 25.6. The van der Waals surface area contributed by atoms with E-state index in [4.69, 9.17) is 14.5 Å². The third kappa shape index (κ3) is 7.61. The third-order valence-corrected chi connectivity index (χ3v) is 7.57. The van der Waals surface area contributed by atoms with Crippen LogP contribution >= 0.6 is 0 Å². The minimum atomic E-state index is -1.18. The van der Waals surface area contributed by atoms with Gasteiger partial charge < -0.3 is 19.5 Å². The normalized spacial score (nSPS) is 16.0. The van der Waals surface area contributed by atoms with Gasteiger partial charge in [0.15, 0.2) is 6.10 Å². The average molecular weight is 564 g/mol. The molecule has 0 saturated carbocycles. The standard InChI is InChI=1S/C33H42FN3O4/c1-21-18-23(8-10-26(21)34)12-17-40-24-9-11-27(36-19-24)25-20-35-22(2)28(30(31(38)39)41-32(3,4)5)29(25)37-15-13-33(6,7)14-16-37/h8-11,18-20,30H,12-17H2,1-7H3,(H,38,39)/t30-/m0/s1. The maximum Gasteiger partial charge on any atom is 0.337 e. The summed E-state index contributed by atoms with van der Waals surface area (Å²) in [5.74, 6) is -0.641. The molecule has 1 fully saturated rings. The highest BCUT2D eigenvalue weighted by atomic mass is 19.1. The predicted octanol–water partition coefficient (Wildman–Crippen LogP) is 7.09. The molecule has 0 bridgehead atoms. The number of aliphatic carboxylic acids is 1. The molecule has 3 aromatic rings. The molecule has 220 valence electrons. The smallest absolute Gasteiger partial charge is 0.337 e. The van der Waals surface area contributed by atoms with Gasteiger partial charge in [-0.15, -0.1) is 0 Å². The Kier molecular flexibility index (Phi) is 9.02. The van der Waals surface area contributed by atoms with Crippen LogP contribution < -0.4 is 9.64 Å². The number of rotatable bonds is 9. The Morgan fingerprint density at radius 3 is 2.39 bits per heavy atom. The zero-order valence-corrected chi connectivity index (χ0v) is 25.3. The highest BCUT2D eigenvalue weighted by Gasteiger charge is 2.36. The van der Waals surface area contributed by atoms with E-state index in [-0.39, 0.29) is 11.2 Å². The summed E-state index contributed by atoms with van der Waals surface area (Å²) in [5.41, 5.74) is 4.63. The van der Waals surface area contributed by atoms with Crippen molar-refractivity contribution in [1.82, 2.24) is 9.97 Å². The molecule has 0 spiro atoms.